The normalized spacial score (nSPS) is 22.7. The summed E-state index contributed by atoms with van der Waals surface area (Å²) in [6, 6.07) is 7.31. The van der Waals surface area contributed by atoms with Gasteiger partial charge in [-0.05, 0) is 25.0 Å². The van der Waals surface area contributed by atoms with Crippen LogP contribution in [0.15, 0.2) is 30.5 Å². The van der Waals surface area contributed by atoms with Gasteiger partial charge in [-0.3, -0.25) is 9.59 Å². The van der Waals surface area contributed by atoms with Gasteiger partial charge in [-0.2, -0.15) is 0 Å². The molecule has 1 saturated heterocycles. The van der Waals surface area contributed by atoms with Gasteiger partial charge in [0.25, 0.3) is 0 Å². The van der Waals surface area contributed by atoms with Crippen molar-refractivity contribution in [2.75, 3.05) is 0 Å². The van der Waals surface area contributed by atoms with Crippen molar-refractivity contribution in [2.45, 2.75) is 31.9 Å². The van der Waals surface area contributed by atoms with Crippen molar-refractivity contribution in [1.29, 1.82) is 0 Å². The molecule has 3 atom stereocenters. The summed E-state index contributed by atoms with van der Waals surface area (Å²) < 4.78 is 4.86. The van der Waals surface area contributed by atoms with Crippen LogP contribution in [0.1, 0.15) is 18.9 Å². The number of carbonyl (C=O) groups excluding carboxylic acids is 2. The molecule has 3 rings (SSSR count). The van der Waals surface area contributed by atoms with E-state index in [1.165, 1.54) is 0 Å². The van der Waals surface area contributed by atoms with E-state index in [1.807, 2.05) is 30.5 Å². The molecule has 5 nitrogen and oxygen atoms in total. The van der Waals surface area contributed by atoms with E-state index in [0.717, 1.165) is 16.5 Å². The molecule has 0 spiro atoms. The maximum Gasteiger partial charge on any atom is 0.313 e. The molecule has 2 aromatic rings. The number of ketones is 1. The quantitative estimate of drug-likeness (QED) is 0.817. The van der Waals surface area contributed by atoms with Gasteiger partial charge in [-0.15, -0.1) is 0 Å². The lowest BCUT2D eigenvalue weighted by Crippen LogP contribution is -2.46. The van der Waals surface area contributed by atoms with Gasteiger partial charge in [-0.25, -0.2) is 0 Å². The fourth-order valence-corrected chi connectivity index (χ4v) is 2.74. The van der Waals surface area contributed by atoms with Gasteiger partial charge in [0.15, 0.2) is 5.78 Å². The highest BCUT2D eigenvalue weighted by atomic mass is 16.6. The number of esters is 1. The van der Waals surface area contributed by atoms with Crippen LogP contribution in [0.25, 0.3) is 10.9 Å². The number of rotatable bonds is 5. The number of aromatic amines is 1. The number of carbonyl (C=O) groups is 2. The first-order valence-electron chi connectivity index (χ1n) is 7.10. The minimum absolute atomic E-state index is 0.0891. The van der Waals surface area contributed by atoms with E-state index in [1.54, 1.807) is 6.92 Å². The number of aromatic nitrogens is 1. The van der Waals surface area contributed by atoms with Crippen LogP contribution in [0.3, 0.4) is 0 Å². The largest absolute Gasteiger partial charge is 0.461 e. The predicted octanol–water partition coefficient (Wildman–Crippen LogP) is 1.56. The molecule has 5 heteroatoms. The van der Waals surface area contributed by atoms with Crippen LogP contribution in [-0.4, -0.2) is 28.9 Å². The first-order valence-corrected chi connectivity index (χ1v) is 7.10. The Bertz CT molecular complexity index is 692. The van der Waals surface area contributed by atoms with E-state index in [2.05, 4.69) is 4.98 Å². The number of fused-ring (bicyclic) bond motifs is 1. The van der Waals surface area contributed by atoms with E-state index in [9.17, 15) is 9.59 Å². The van der Waals surface area contributed by atoms with E-state index in [4.69, 9.17) is 10.5 Å². The van der Waals surface area contributed by atoms with Gasteiger partial charge in [0.05, 0.1) is 6.04 Å². The van der Waals surface area contributed by atoms with Crippen LogP contribution in [0, 0.1) is 5.92 Å². The van der Waals surface area contributed by atoms with Crippen LogP contribution < -0.4 is 5.73 Å². The molecule has 110 valence electrons. The van der Waals surface area contributed by atoms with Crippen molar-refractivity contribution < 1.29 is 14.3 Å². The fraction of sp³-hybridized carbons (Fsp3) is 0.375. The van der Waals surface area contributed by atoms with Crippen molar-refractivity contribution in [3.05, 3.63) is 36.0 Å². The summed E-state index contributed by atoms with van der Waals surface area (Å²) in [5.41, 5.74) is 8.06. The number of benzene rings is 1. The maximum absolute atomic E-state index is 12.2. The van der Waals surface area contributed by atoms with Crippen molar-refractivity contribution in [3.63, 3.8) is 0 Å². The van der Waals surface area contributed by atoms with Crippen LogP contribution in [0.4, 0.5) is 0 Å². The zero-order valence-electron chi connectivity index (χ0n) is 11.8. The topological polar surface area (TPSA) is 85.2 Å². The molecule has 1 aliphatic rings. The Hall–Kier alpha value is -2.14. The van der Waals surface area contributed by atoms with Crippen LogP contribution in [0.5, 0.6) is 0 Å². The highest BCUT2D eigenvalue weighted by Crippen LogP contribution is 2.26. The van der Waals surface area contributed by atoms with Crippen LogP contribution in [-0.2, 0) is 20.7 Å². The minimum Gasteiger partial charge on any atom is -0.461 e. The van der Waals surface area contributed by atoms with Crippen LogP contribution >= 0.6 is 0 Å². The molecule has 0 saturated carbocycles. The Morgan fingerprint density at radius 3 is 2.90 bits per heavy atom. The monoisotopic (exact) mass is 286 g/mol. The van der Waals surface area contributed by atoms with Crippen molar-refractivity contribution in [3.8, 4) is 0 Å². The van der Waals surface area contributed by atoms with E-state index >= 15 is 0 Å². The smallest absolute Gasteiger partial charge is 0.313 e. The summed E-state index contributed by atoms with van der Waals surface area (Å²) in [7, 11) is 0. The Balaban J connectivity index is 1.67. The third kappa shape index (κ3) is 2.56. The first-order chi connectivity index (χ1) is 10.1. The summed E-state index contributed by atoms with van der Waals surface area (Å²) in [5.74, 6) is -0.713. The van der Waals surface area contributed by atoms with Crippen molar-refractivity contribution in [2.24, 2.45) is 11.7 Å². The molecule has 0 aliphatic carbocycles. The summed E-state index contributed by atoms with van der Waals surface area (Å²) in [6.07, 6.45) is 2.35. The summed E-state index contributed by atoms with van der Waals surface area (Å²) >= 11 is 0. The molecule has 0 radical (unpaired) electrons. The molecule has 0 unspecified atom stereocenters. The number of nitrogens with one attached hydrogen (secondary N) is 1. The number of hydrogen-bond acceptors (Lipinski definition) is 4. The highest BCUT2D eigenvalue weighted by molar-refractivity contribution is 5.91. The van der Waals surface area contributed by atoms with Gasteiger partial charge < -0.3 is 15.5 Å². The molecule has 3 N–H and O–H groups in total. The molecule has 1 aromatic carbocycles. The van der Waals surface area contributed by atoms with Gasteiger partial charge >= 0.3 is 5.97 Å². The molecule has 0 bridgehead atoms. The highest BCUT2D eigenvalue weighted by Gasteiger charge is 2.41. The molecule has 1 aliphatic heterocycles. The third-order valence-corrected chi connectivity index (χ3v) is 4.12. The average molecular weight is 286 g/mol. The summed E-state index contributed by atoms with van der Waals surface area (Å²) in [5, 5.41) is 1.08. The Kier molecular flexibility index (Phi) is 3.51. The first kappa shape index (κ1) is 13.8. The Morgan fingerprint density at radius 1 is 1.43 bits per heavy atom. The van der Waals surface area contributed by atoms with Gasteiger partial charge in [-0.1, -0.05) is 18.2 Å². The van der Waals surface area contributed by atoms with Gasteiger partial charge in [0.1, 0.15) is 12.0 Å². The lowest BCUT2D eigenvalue weighted by molar-refractivity contribution is -0.183. The summed E-state index contributed by atoms with van der Waals surface area (Å²) in [4.78, 5) is 26.6. The van der Waals surface area contributed by atoms with E-state index in [0.29, 0.717) is 6.42 Å². The maximum atomic E-state index is 12.2. The number of ether oxygens (including phenoxy) is 1. The zero-order valence-corrected chi connectivity index (χ0v) is 11.8. The second-order valence-corrected chi connectivity index (χ2v) is 5.59. The molecular weight excluding hydrogens is 268 g/mol. The lowest BCUT2D eigenvalue weighted by atomic mass is 9.89. The van der Waals surface area contributed by atoms with Crippen LogP contribution in [0.2, 0.25) is 0 Å². The Morgan fingerprint density at radius 2 is 2.19 bits per heavy atom. The second kappa shape index (κ2) is 5.33. The number of hydrogen-bond donors (Lipinski definition) is 2. The second-order valence-electron chi connectivity index (χ2n) is 5.59. The zero-order chi connectivity index (χ0) is 15.0. The molecule has 1 aromatic heterocycles. The summed E-state index contributed by atoms with van der Waals surface area (Å²) in [6.45, 7) is 1.80. The van der Waals surface area contributed by atoms with Crippen molar-refractivity contribution in [1.82, 2.24) is 4.98 Å². The molecular formula is C16H18N2O3. The van der Waals surface area contributed by atoms with Gasteiger partial charge in [0, 0.05) is 23.5 Å². The van der Waals surface area contributed by atoms with Gasteiger partial charge in [0.2, 0.25) is 0 Å². The molecule has 1 fully saturated rings. The number of cyclic esters (lactones) is 1. The van der Waals surface area contributed by atoms with Crippen molar-refractivity contribution >= 4 is 22.7 Å². The average Bonchev–Trinajstić information content (AvgIpc) is 2.88. The molecule has 21 heavy (non-hydrogen) atoms. The lowest BCUT2D eigenvalue weighted by Gasteiger charge is -2.32. The molecule has 2 heterocycles. The SMILES string of the molecule is C[C@H]1OC(=O)[C@H]1CC(=O)[C@@H](N)Cc1c[nH]c2ccccc12. The van der Waals surface area contributed by atoms with E-state index in [-0.39, 0.29) is 30.2 Å². The van der Waals surface area contributed by atoms with E-state index < -0.39 is 6.04 Å². The number of nitrogens with two attached hydrogens (primary N) is 1. The number of para-hydroxylation sites is 1. The fourth-order valence-electron chi connectivity index (χ4n) is 2.74. The number of Topliss-reactive ketones (excluding diaryl/α,β-unsaturated/α-hetero) is 1. The predicted molar refractivity (Wildman–Crippen MR) is 78.6 cm³/mol. The Labute approximate surface area is 122 Å². The molecule has 0 amide bonds. The third-order valence-electron chi connectivity index (χ3n) is 4.12. The minimum atomic E-state index is -0.593. The number of H-pyrrole nitrogens is 1. The standard InChI is InChI=1S/C16H18N2O3/c1-9-12(16(20)21-9)7-15(19)13(17)6-10-8-18-14-5-3-2-4-11(10)14/h2-5,8-9,12-13,18H,6-7,17H2,1H3/t9-,12+,13+/m1/s1.